The molecule has 2 aromatic rings. The zero-order valence-corrected chi connectivity index (χ0v) is 15.1. The summed E-state index contributed by atoms with van der Waals surface area (Å²) in [5.74, 6) is 0.487. The third-order valence-corrected chi connectivity index (χ3v) is 5.64. The summed E-state index contributed by atoms with van der Waals surface area (Å²) in [4.78, 5) is 27.4. The zero-order valence-electron chi connectivity index (χ0n) is 14.2. The molecule has 5 nitrogen and oxygen atoms in total. The summed E-state index contributed by atoms with van der Waals surface area (Å²) >= 11 is 1.38. The number of amides is 2. The van der Waals surface area contributed by atoms with E-state index in [1.165, 1.54) is 11.3 Å². The van der Waals surface area contributed by atoms with E-state index in [-0.39, 0.29) is 11.9 Å². The van der Waals surface area contributed by atoms with E-state index in [4.69, 9.17) is 10.5 Å². The Balaban J connectivity index is 1.59. The number of hydrogen-bond acceptors (Lipinski definition) is 4. The highest BCUT2D eigenvalue weighted by atomic mass is 32.1. The molecular formula is C19H22N2O3S. The van der Waals surface area contributed by atoms with Crippen molar-refractivity contribution in [3.8, 4) is 5.75 Å². The van der Waals surface area contributed by atoms with E-state index in [1.54, 1.807) is 6.07 Å². The van der Waals surface area contributed by atoms with Gasteiger partial charge in [0.25, 0.3) is 5.91 Å². The molecular weight excluding hydrogens is 336 g/mol. The topological polar surface area (TPSA) is 72.6 Å². The number of aryl methyl sites for hydroxylation is 1. The first-order valence-corrected chi connectivity index (χ1v) is 9.25. The Labute approximate surface area is 151 Å². The third-order valence-electron chi connectivity index (χ3n) is 4.44. The number of nitrogens with two attached hydrogens (primary N) is 1. The predicted octanol–water partition coefficient (Wildman–Crippen LogP) is 3.29. The van der Waals surface area contributed by atoms with Crippen LogP contribution in [0.5, 0.6) is 5.75 Å². The Morgan fingerprint density at radius 1 is 1.28 bits per heavy atom. The number of para-hydroxylation sites is 1. The number of carbonyl (C=O) groups is 2. The van der Waals surface area contributed by atoms with Crippen molar-refractivity contribution in [1.82, 2.24) is 4.90 Å². The van der Waals surface area contributed by atoms with Crippen molar-refractivity contribution in [2.45, 2.75) is 32.2 Å². The lowest BCUT2D eigenvalue weighted by Gasteiger charge is -2.24. The number of thiophene rings is 1. The van der Waals surface area contributed by atoms with Crippen LogP contribution < -0.4 is 10.5 Å². The Kier molecular flexibility index (Phi) is 5.38. The molecule has 0 radical (unpaired) electrons. The minimum absolute atomic E-state index is 0.0454. The number of benzene rings is 1. The molecule has 1 aromatic carbocycles. The SMILES string of the molecule is Cc1ccccc1OCCC(=O)N1CCC[C@H]1c1ccc(C(N)=O)s1. The molecule has 25 heavy (non-hydrogen) atoms. The van der Waals surface area contributed by atoms with Gasteiger partial charge in [-0.1, -0.05) is 18.2 Å². The molecule has 1 aliphatic heterocycles. The third kappa shape index (κ3) is 4.02. The van der Waals surface area contributed by atoms with Crippen molar-refractivity contribution in [2.24, 2.45) is 5.73 Å². The number of carbonyl (C=O) groups excluding carboxylic acids is 2. The maximum Gasteiger partial charge on any atom is 0.258 e. The van der Waals surface area contributed by atoms with Crippen LogP contribution in [0.4, 0.5) is 0 Å². The van der Waals surface area contributed by atoms with Crippen LogP contribution >= 0.6 is 11.3 Å². The van der Waals surface area contributed by atoms with Crippen molar-refractivity contribution in [2.75, 3.05) is 13.2 Å². The van der Waals surface area contributed by atoms with Crippen LogP contribution in [0.1, 0.15) is 45.4 Å². The van der Waals surface area contributed by atoms with Gasteiger partial charge in [0.1, 0.15) is 5.75 Å². The monoisotopic (exact) mass is 358 g/mol. The van der Waals surface area contributed by atoms with Gasteiger partial charge < -0.3 is 15.4 Å². The van der Waals surface area contributed by atoms with Gasteiger partial charge in [0.2, 0.25) is 5.91 Å². The van der Waals surface area contributed by atoms with E-state index in [9.17, 15) is 9.59 Å². The van der Waals surface area contributed by atoms with Crippen LogP contribution in [0.2, 0.25) is 0 Å². The summed E-state index contributed by atoms with van der Waals surface area (Å²) in [5, 5.41) is 0. The van der Waals surface area contributed by atoms with Crippen molar-refractivity contribution < 1.29 is 14.3 Å². The molecule has 1 saturated heterocycles. The molecule has 1 fully saturated rings. The lowest BCUT2D eigenvalue weighted by atomic mass is 10.2. The van der Waals surface area contributed by atoms with Gasteiger partial charge in [-0.2, -0.15) is 0 Å². The molecule has 0 unspecified atom stereocenters. The van der Waals surface area contributed by atoms with Crippen LogP contribution in [-0.4, -0.2) is 29.9 Å². The summed E-state index contributed by atoms with van der Waals surface area (Å²) in [6.07, 6.45) is 2.24. The summed E-state index contributed by atoms with van der Waals surface area (Å²) in [6.45, 7) is 3.10. The number of ether oxygens (including phenoxy) is 1. The molecule has 132 valence electrons. The summed E-state index contributed by atoms with van der Waals surface area (Å²) in [7, 11) is 0. The zero-order chi connectivity index (χ0) is 17.8. The fourth-order valence-corrected chi connectivity index (χ4v) is 4.14. The maximum atomic E-state index is 12.6. The summed E-state index contributed by atoms with van der Waals surface area (Å²) in [5.41, 5.74) is 6.39. The number of nitrogens with zero attached hydrogens (tertiary/aromatic N) is 1. The first-order valence-electron chi connectivity index (χ1n) is 8.43. The van der Waals surface area contributed by atoms with Crippen molar-refractivity contribution in [1.29, 1.82) is 0 Å². The van der Waals surface area contributed by atoms with Gasteiger partial charge in [0.05, 0.1) is 23.9 Å². The molecule has 1 aromatic heterocycles. The molecule has 2 amide bonds. The number of primary amides is 1. The molecule has 2 heterocycles. The second-order valence-electron chi connectivity index (χ2n) is 6.18. The number of rotatable bonds is 6. The summed E-state index contributed by atoms with van der Waals surface area (Å²) in [6, 6.07) is 11.5. The first-order chi connectivity index (χ1) is 12.1. The largest absolute Gasteiger partial charge is 0.493 e. The highest BCUT2D eigenvalue weighted by Gasteiger charge is 2.31. The van der Waals surface area contributed by atoms with Crippen LogP contribution in [-0.2, 0) is 4.79 Å². The predicted molar refractivity (Wildman–Crippen MR) is 97.8 cm³/mol. The van der Waals surface area contributed by atoms with E-state index in [1.807, 2.05) is 42.2 Å². The van der Waals surface area contributed by atoms with E-state index >= 15 is 0 Å². The number of likely N-dealkylation sites (tertiary alicyclic amines) is 1. The highest BCUT2D eigenvalue weighted by Crippen LogP contribution is 2.36. The van der Waals surface area contributed by atoms with E-state index in [0.717, 1.165) is 35.6 Å². The Hall–Kier alpha value is -2.34. The minimum Gasteiger partial charge on any atom is -0.493 e. The molecule has 0 bridgehead atoms. The van der Waals surface area contributed by atoms with Crippen LogP contribution in [0.25, 0.3) is 0 Å². The van der Waals surface area contributed by atoms with Gasteiger partial charge in [-0.15, -0.1) is 11.3 Å². The van der Waals surface area contributed by atoms with Crippen LogP contribution in [0, 0.1) is 6.92 Å². The molecule has 0 spiro atoms. The van der Waals surface area contributed by atoms with E-state index in [0.29, 0.717) is 17.9 Å². The van der Waals surface area contributed by atoms with Crippen molar-refractivity contribution in [3.63, 3.8) is 0 Å². The van der Waals surface area contributed by atoms with Gasteiger partial charge in [0.15, 0.2) is 0 Å². The van der Waals surface area contributed by atoms with Gasteiger partial charge in [0, 0.05) is 11.4 Å². The standard InChI is InChI=1S/C19H22N2O3S/c1-13-5-2-3-7-15(13)24-12-10-18(22)21-11-4-6-14(21)16-8-9-17(25-16)19(20)23/h2-3,5,7-9,14H,4,6,10-12H2,1H3,(H2,20,23)/t14-/m0/s1. The smallest absolute Gasteiger partial charge is 0.258 e. The normalized spacial score (nSPS) is 16.8. The van der Waals surface area contributed by atoms with Gasteiger partial charge in [-0.05, 0) is 43.5 Å². The Morgan fingerprint density at radius 3 is 2.80 bits per heavy atom. The second kappa shape index (κ2) is 7.70. The van der Waals surface area contributed by atoms with E-state index in [2.05, 4.69) is 0 Å². The lowest BCUT2D eigenvalue weighted by Crippen LogP contribution is -2.31. The molecule has 2 N–H and O–H groups in total. The fourth-order valence-electron chi connectivity index (χ4n) is 3.14. The lowest BCUT2D eigenvalue weighted by molar-refractivity contribution is -0.132. The fraction of sp³-hybridized carbons (Fsp3) is 0.368. The van der Waals surface area contributed by atoms with Gasteiger partial charge >= 0.3 is 0 Å². The Morgan fingerprint density at radius 2 is 2.08 bits per heavy atom. The first kappa shape index (κ1) is 17.5. The second-order valence-corrected chi connectivity index (χ2v) is 7.29. The van der Waals surface area contributed by atoms with Crippen LogP contribution in [0.15, 0.2) is 36.4 Å². The molecule has 0 saturated carbocycles. The van der Waals surface area contributed by atoms with E-state index < -0.39 is 5.91 Å². The van der Waals surface area contributed by atoms with Gasteiger partial charge in [-0.25, -0.2) is 0 Å². The molecule has 1 aliphatic rings. The van der Waals surface area contributed by atoms with Crippen LogP contribution in [0.3, 0.4) is 0 Å². The molecule has 0 aliphatic carbocycles. The average Bonchev–Trinajstić information content (AvgIpc) is 3.25. The number of hydrogen-bond donors (Lipinski definition) is 1. The summed E-state index contributed by atoms with van der Waals surface area (Å²) < 4.78 is 5.74. The molecule has 6 heteroatoms. The van der Waals surface area contributed by atoms with Gasteiger partial charge in [-0.3, -0.25) is 9.59 Å². The molecule has 3 rings (SSSR count). The highest BCUT2D eigenvalue weighted by molar-refractivity contribution is 7.14. The Bertz CT molecular complexity index is 772. The minimum atomic E-state index is -0.418. The van der Waals surface area contributed by atoms with Crippen molar-refractivity contribution >= 4 is 23.2 Å². The maximum absolute atomic E-state index is 12.6. The quantitative estimate of drug-likeness (QED) is 0.861. The molecule has 1 atom stereocenters. The average molecular weight is 358 g/mol. The van der Waals surface area contributed by atoms with Crippen molar-refractivity contribution in [3.05, 3.63) is 51.7 Å².